The first-order chi connectivity index (χ1) is 10.0. The summed E-state index contributed by atoms with van der Waals surface area (Å²) in [7, 11) is 0. The van der Waals surface area contributed by atoms with Crippen molar-refractivity contribution in [2.45, 2.75) is 39.2 Å². The van der Waals surface area contributed by atoms with E-state index in [0.717, 1.165) is 25.1 Å². The molecule has 0 aromatic heterocycles. The zero-order valence-corrected chi connectivity index (χ0v) is 12.6. The smallest absolute Gasteiger partial charge is 0.241 e. The number of amides is 2. The summed E-state index contributed by atoms with van der Waals surface area (Å²) in [6.07, 6.45) is 2.33. The Kier molecular flexibility index (Phi) is 4.96. The molecule has 1 fully saturated rings. The fraction of sp³-hybridized carbons (Fsp3) is 0.500. The molecule has 114 valence electrons. The summed E-state index contributed by atoms with van der Waals surface area (Å²) in [5.41, 5.74) is 7.43. The second kappa shape index (κ2) is 6.72. The normalized spacial score (nSPS) is 17.7. The number of hydrogen-bond donors (Lipinski definition) is 2. The van der Waals surface area contributed by atoms with Gasteiger partial charge in [0.25, 0.3) is 0 Å². The average molecular weight is 289 g/mol. The minimum Gasteiger partial charge on any atom is -0.325 e. The molecule has 2 atom stereocenters. The number of carbonyl (C=O) groups is 2. The van der Waals surface area contributed by atoms with E-state index in [2.05, 4.69) is 5.32 Å². The lowest BCUT2D eigenvalue weighted by Crippen LogP contribution is -2.40. The first-order valence-corrected chi connectivity index (χ1v) is 7.49. The molecule has 5 heteroatoms. The fourth-order valence-electron chi connectivity index (χ4n) is 2.41. The van der Waals surface area contributed by atoms with Gasteiger partial charge in [0.1, 0.15) is 0 Å². The minimum absolute atomic E-state index is 0.133. The Morgan fingerprint density at radius 3 is 2.86 bits per heavy atom. The monoisotopic (exact) mass is 289 g/mol. The van der Waals surface area contributed by atoms with Crippen LogP contribution in [0.3, 0.4) is 0 Å². The number of anilines is 2. The number of nitrogens with one attached hydrogen (secondary N) is 1. The molecular formula is C16H23N3O2. The summed E-state index contributed by atoms with van der Waals surface area (Å²) in [5.74, 6) is 0.0809. The van der Waals surface area contributed by atoms with E-state index in [1.54, 1.807) is 4.90 Å². The van der Waals surface area contributed by atoms with Crippen molar-refractivity contribution in [2.24, 2.45) is 11.7 Å². The molecule has 2 amide bonds. The van der Waals surface area contributed by atoms with Gasteiger partial charge in [-0.25, -0.2) is 0 Å². The third kappa shape index (κ3) is 3.61. The van der Waals surface area contributed by atoms with E-state index in [-0.39, 0.29) is 17.7 Å². The number of benzene rings is 1. The lowest BCUT2D eigenvalue weighted by Gasteiger charge is -2.19. The number of hydrogen-bond acceptors (Lipinski definition) is 3. The first kappa shape index (κ1) is 15.5. The number of carbonyl (C=O) groups excluding carboxylic acids is 2. The van der Waals surface area contributed by atoms with Crippen molar-refractivity contribution in [1.29, 1.82) is 0 Å². The largest absolute Gasteiger partial charge is 0.325 e. The van der Waals surface area contributed by atoms with E-state index < -0.39 is 6.04 Å². The Morgan fingerprint density at radius 1 is 1.48 bits per heavy atom. The zero-order valence-electron chi connectivity index (χ0n) is 12.6. The van der Waals surface area contributed by atoms with Gasteiger partial charge in [-0.3, -0.25) is 9.59 Å². The zero-order chi connectivity index (χ0) is 15.4. The molecule has 1 aliphatic heterocycles. The maximum absolute atomic E-state index is 12.1. The molecule has 21 heavy (non-hydrogen) atoms. The third-order valence-corrected chi connectivity index (χ3v) is 4.06. The maximum atomic E-state index is 12.1. The standard InChI is InChI=1S/C16H23N3O2/c1-3-11(2)15(17)16(21)18-12-6-4-7-13(10-12)19-9-5-8-14(19)20/h4,6-7,10-11,15H,3,5,8-9,17H2,1-2H3,(H,18,21). The predicted octanol–water partition coefficient (Wildman–Crippen LogP) is 2.13. The summed E-state index contributed by atoms with van der Waals surface area (Å²) >= 11 is 0. The number of nitrogens with zero attached hydrogens (tertiary/aromatic N) is 1. The van der Waals surface area contributed by atoms with Crippen molar-refractivity contribution in [3.8, 4) is 0 Å². The molecule has 3 N–H and O–H groups in total. The van der Waals surface area contributed by atoms with Gasteiger partial charge in [0.2, 0.25) is 11.8 Å². The molecule has 0 aliphatic carbocycles. The molecule has 2 rings (SSSR count). The molecule has 1 aromatic carbocycles. The van der Waals surface area contributed by atoms with Gasteiger partial charge in [-0.15, -0.1) is 0 Å². The Balaban J connectivity index is 2.07. The average Bonchev–Trinajstić information content (AvgIpc) is 2.92. The van der Waals surface area contributed by atoms with E-state index in [9.17, 15) is 9.59 Å². The predicted molar refractivity (Wildman–Crippen MR) is 84.1 cm³/mol. The van der Waals surface area contributed by atoms with E-state index in [4.69, 9.17) is 5.73 Å². The van der Waals surface area contributed by atoms with Gasteiger partial charge in [-0.2, -0.15) is 0 Å². The van der Waals surface area contributed by atoms with Crippen molar-refractivity contribution in [3.63, 3.8) is 0 Å². The molecule has 0 radical (unpaired) electrons. The van der Waals surface area contributed by atoms with Crippen LogP contribution >= 0.6 is 0 Å². The highest BCUT2D eigenvalue weighted by atomic mass is 16.2. The van der Waals surface area contributed by atoms with Crippen molar-refractivity contribution < 1.29 is 9.59 Å². The highest BCUT2D eigenvalue weighted by Crippen LogP contribution is 2.24. The summed E-state index contributed by atoms with van der Waals surface area (Å²) < 4.78 is 0. The molecule has 0 saturated carbocycles. The summed E-state index contributed by atoms with van der Waals surface area (Å²) in [6.45, 7) is 4.71. The van der Waals surface area contributed by atoms with Crippen LogP contribution in [0.1, 0.15) is 33.1 Å². The second-order valence-electron chi connectivity index (χ2n) is 5.60. The quantitative estimate of drug-likeness (QED) is 0.872. The van der Waals surface area contributed by atoms with Gasteiger partial charge >= 0.3 is 0 Å². The molecular weight excluding hydrogens is 266 g/mol. The Labute approximate surface area is 125 Å². The van der Waals surface area contributed by atoms with Crippen LogP contribution in [0.25, 0.3) is 0 Å². The van der Waals surface area contributed by atoms with E-state index >= 15 is 0 Å². The van der Waals surface area contributed by atoms with Crippen LogP contribution in [0.5, 0.6) is 0 Å². The van der Waals surface area contributed by atoms with E-state index in [1.807, 2.05) is 38.1 Å². The van der Waals surface area contributed by atoms with Crippen molar-refractivity contribution >= 4 is 23.2 Å². The molecule has 0 bridgehead atoms. The summed E-state index contributed by atoms with van der Waals surface area (Å²) in [5, 5.41) is 2.83. The second-order valence-corrected chi connectivity index (χ2v) is 5.60. The number of rotatable bonds is 5. The Morgan fingerprint density at radius 2 is 2.24 bits per heavy atom. The molecule has 5 nitrogen and oxygen atoms in total. The molecule has 1 heterocycles. The highest BCUT2D eigenvalue weighted by Gasteiger charge is 2.23. The topological polar surface area (TPSA) is 75.4 Å². The minimum atomic E-state index is -0.521. The summed E-state index contributed by atoms with van der Waals surface area (Å²) in [4.78, 5) is 25.6. The van der Waals surface area contributed by atoms with Crippen LogP contribution in [0.2, 0.25) is 0 Å². The first-order valence-electron chi connectivity index (χ1n) is 7.49. The Hall–Kier alpha value is -1.88. The molecule has 1 saturated heterocycles. The van der Waals surface area contributed by atoms with Crippen LogP contribution in [0.4, 0.5) is 11.4 Å². The van der Waals surface area contributed by atoms with Gasteiger partial charge in [0, 0.05) is 24.3 Å². The lowest BCUT2D eigenvalue weighted by atomic mass is 9.99. The molecule has 1 aromatic rings. The van der Waals surface area contributed by atoms with Gasteiger partial charge < -0.3 is 16.0 Å². The van der Waals surface area contributed by atoms with Crippen molar-refractivity contribution in [3.05, 3.63) is 24.3 Å². The third-order valence-electron chi connectivity index (χ3n) is 4.06. The van der Waals surface area contributed by atoms with E-state index in [0.29, 0.717) is 12.1 Å². The SMILES string of the molecule is CCC(C)C(N)C(=O)Nc1cccc(N2CCCC2=O)c1. The van der Waals surface area contributed by atoms with Crippen LogP contribution in [-0.2, 0) is 9.59 Å². The van der Waals surface area contributed by atoms with Gasteiger partial charge in [-0.05, 0) is 30.5 Å². The molecule has 0 spiro atoms. The van der Waals surface area contributed by atoms with Crippen molar-refractivity contribution in [2.75, 3.05) is 16.8 Å². The highest BCUT2D eigenvalue weighted by molar-refractivity contribution is 5.98. The lowest BCUT2D eigenvalue weighted by molar-refractivity contribution is -0.118. The molecule has 1 aliphatic rings. The summed E-state index contributed by atoms with van der Waals surface area (Å²) in [6, 6.07) is 6.83. The maximum Gasteiger partial charge on any atom is 0.241 e. The fourth-order valence-corrected chi connectivity index (χ4v) is 2.41. The van der Waals surface area contributed by atoms with Crippen molar-refractivity contribution in [1.82, 2.24) is 0 Å². The van der Waals surface area contributed by atoms with Gasteiger partial charge in [0.15, 0.2) is 0 Å². The van der Waals surface area contributed by atoms with Crippen LogP contribution in [0, 0.1) is 5.92 Å². The molecule has 2 unspecified atom stereocenters. The van der Waals surface area contributed by atoms with Gasteiger partial charge in [0.05, 0.1) is 6.04 Å². The van der Waals surface area contributed by atoms with Crippen LogP contribution in [-0.4, -0.2) is 24.4 Å². The van der Waals surface area contributed by atoms with Crippen LogP contribution < -0.4 is 16.0 Å². The van der Waals surface area contributed by atoms with Crippen LogP contribution in [0.15, 0.2) is 24.3 Å². The van der Waals surface area contributed by atoms with E-state index in [1.165, 1.54) is 0 Å². The Bertz CT molecular complexity index is 530. The van der Waals surface area contributed by atoms with Gasteiger partial charge in [-0.1, -0.05) is 26.3 Å². The number of nitrogens with two attached hydrogens (primary N) is 1.